The first-order valence-corrected chi connectivity index (χ1v) is 15.9. The van der Waals surface area contributed by atoms with Gasteiger partial charge in [0.1, 0.15) is 17.9 Å². The van der Waals surface area contributed by atoms with Crippen LogP contribution in [0.3, 0.4) is 0 Å². The second-order valence-corrected chi connectivity index (χ2v) is 12.3. The molecule has 0 spiro atoms. The number of nitrogens with zero attached hydrogens (tertiary/aromatic N) is 5. The van der Waals surface area contributed by atoms with Crippen LogP contribution in [-0.4, -0.2) is 77.9 Å². The van der Waals surface area contributed by atoms with Gasteiger partial charge < -0.3 is 19.3 Å². The van der Waals surface area contributed by atoms with Crippen LogP contribution < -0.4 is 14.5 Å². The maximum absolute atomic E-state index is 13.7. The minimum atomic E-state index is -4.78. The van der Waals surface area contributed by atoms with Gasteiger partial charge in [0.15, 0.2) is 5.11 Å². The number of amides is 2. The number of carbonyl (C=O) groups is 2. The van der Waals surface area contributed by atoms with Crippen molar-refractivity contribution in [3.05, 3.63) is 53.1 Å². The molecule has 2 aromatic rings. The molecule has 4 rings (SSSR count). The molecule has 2 saturated heterocycles. The summed E-state index contributed by atoms with van der Waals surface area (Å²) in [5, 5.41) is 9.22. The van der Waals surface area contributed by atoms with E-state index in [1.165, 1.54) is 6.07 Å². The van der Waals surface area contributed by atoms with Crippen molar-refractivity contribution in [2.75, 3.05) is 49.2 Å². The summed E-state index contributed by atoms with van der Waals surface area (Å²) in [6.07, 6.45) is -2.60. The van der Waals surface area contributed by atoms with Crippen LogP contribution in [0.1, 0.15) is 64.2 Å². The highest BCUT2D eigenvalue weighted by molar-refractivity contribution is 7.81. The zero-order chi connectivity index (χ0) is 33.8. The lowest BCUT2D eigenvalue weighted by Crippen LogP contribution is -2.54. The van der Waals surface area contributed by atoms with E-state index in [-0.39, 0.29) is 22.9 Å². The number of benzene rings is 2. The number of anilines is 2. The Hall–Kier alpha value is -3.89. The Balaban J connectivity index is 1.45. The Morgan fingerprint density at radius 1 is 1.11 bits per heavy atom. The lowest BCUT2D eigenvalue weighted by Gasteiger charge is -2.39. The zero-order valence-electron chi connectivity index (χ0n) is 26.8. The maximum atomic E-state index is 13.7. The molecule has 0 aliphatic carbocycles. The number of ether oxygens (including phenoxy) is 2. The number of aryl methyl sites for hydroxylation is 1. The monoisotopic (exact) mass is 659 g/mol. The Kier molecular flexibility index (Phi) is 10.8. The molecule has 13 heteroatoms. The Morgan fingerprint density at radius 2 is 1.83 bits per heavy atom. The average Bonchev–Trinajstić information content (AvgIpc) is 3.19. The van der Waals surface area contributed by atoms with E-state index in [0.29, 0.717) is 57.3 Å². The van der Waals surface area contributed by atoms with E-state index in [2.05, 4.69) is 18.7 Å². The number of hydrogen-bond acceptors (Lipinski definition) is 7. The molecule has 0 N–H and O–H groups in total. The molecule has 2 fully saturated rings. The summed E-state index contributed by atoms with van der Waals surface area (Å²) in [6, 6.07) is 10.3. The summed E-state index contributed by atoms with van der Waals surface area (Å²) >= 11 is 5.68. The largest absolute Gasteiger partial charge is 0.492 e. The van der Waals surface area contributed by atoms with Crippen molar-refractivity contribution in [1.29, 1.82) is 5.26 Å². The van der Waals surface area contributed by atoms with Crippen LogP contribution in [0.2, 0.25) is 0 Å². The van der Waals surface area contributed by atoms with Gasteiger partial charge in [0.05, 0.1) is 29.5 Å². The maximum Gasteiger partial charge on any atom is 0.417 e. The van der Waals surface area contributed by atoms with Gasteiger partial charge >= 0.3 is 12.3 Å². The number of thiocarbonyl (C=S) groups is 1. The average molecular weight is 660 g/mol. The zero-order valence-corrected chi connectivity index (χ0v) is 27.6. The molecule has 0 unspecified atom stereocenters. The molecule has 2 aliphatic heterocycles. The summed E-state index contributed by atoms with van der Waals surface area (Å²) in [5.41, 5.74) is -1.43. The quantitative estimate of drug-likeness (QED) is 0.215. The number of piperazine rings is 1. The summed E-state index contributed by atoms with van der Waals surface area (Å²) in [4.78, 5) is 32.7. The van der Waals surface area contributed by atoms with Gasteiger partial charge in [-0.25, -0.2) is 4.79 Å². The normalized spacial score (nSPS) is 18.6. The SMILES string of the molecule is CCCCOC(=O)N1CCN(CCOc2ccc(N3C(=S)N(c4ccc(C#N)c(C(F)(F)F)c4)C(=O)C3(C)C)cc2CC)[C@@H](C)C1. The first kappa shape index (κ1) is 35.0. The molecule has 248 valence electrons. The first-order valence-electron chi connectivity index (χ1n) is 15.5. The van der Waals surface area contributed by atoms with Crippen molar-refractivity contribution in [2.45, 2.75) is 71.6 Å². The van der Waals surface area contributed by atoms with E-state index in [1.807, 2.05) is 19.1 Å². The molecule has 46 heavy (non-hydrogen) atoms. The van der Waals surface area contributed by atoms with E-state index >= 15 is 0 Å². The van der Waals surface area contributed by atoms with E-state index in [1.54, 1.807) is 35.8 Å². The van der Waals surface area contributed by atoms with Crippen molar-refractivity contribution in [3.8, 4) is 11.8 Å². The molecular weight excluding hydrogens is 619 g/mol. The predicted octanol–water partition coefficient (Wildman–Crippen LogP) is 6.38. The fourth-order valence-electron chi connectivity index (χ4n) is 5.74. The second kappa shape index (κ2) is 14.3. The number of carbonyl (C=O) groups excluding carboxylic acids is 2. The van der Waals surface area contributed by atoms with Gasteiger partial charge in [0.2, 0.25) is 0 Å². The third-order valence-electron chi connectivity index (χ3n) is 8.42. The Morgan fingerprint density at radius 3 is 2.46 bits per heavy atom. The lowest BCUT2D eigenvalue weighted by atomic mass is 10.0. The fourth-order valence-corrected chi connectivity index (χ4v) is 6.26. The number of nitriles is 1. The summed E-state index contributed by atoms with van der Waals surface area (Å²) < 4.78 is 52.6. The van der Waals surface area contributed by atoms with Crippen LogP contribution in [0.25, 0.3) is 0 Å². The first-order chi connectivity index (χ1) is 21.7. The smallest absolute Gasteiger partial charge is 0.417 e. The van der Waals surface area contributed by atoms with Crippen molar-refractivity contribution >= 4 is 40.7 Å². The highest BCUT2D eigenvalue weighted by atomic mass is 32.1. The Bertz CT molecular complexity index is 1510. The molecule has 2 amide bonds. The number of unbranched alkanes of at least 4 members (excludes halogenated alkanes) is 1. The van der Waals surface area contributed by atoms with Crippen LogP contribution in [-0.2, 0) is 22.1 Å². The van der Waals surface area contributed by atoms with Crippen molar-refractivity contribution < 1.29 is 32.2 Å². The van der Waals surface area contributed by atoms with Gasteiger partial charge in [-0.05, 0) is 87.8 Å². The molecular formula is C33H40F3N5O4S. The second-order valence-electron chi connectivity index (χ2n) is 11.9. The standard InChI is InChI=1S/C33H40F3N5O4S/c1-6-8-16-45-31(43)39-14-13-38(22(3)21-39)15-17-44-28-12-11-26(18-23(28)7-2)41-30(46)40(29(42)32(41,4)5)25-10-9-24(20-37)27(19-25)33(34,35)36/h9-12,18-19,22H,6-8,13-17,21H2,1-5H3/t22-/m0/s1. The predicted molar refractivity (Wildman–Crippen MR) is 173 cm³/mol. The fraction of sp³-hybridized carbons (Fsp3) is 0.515. The number of halogens is 3. The third-order valence-corrected chi connectivity index (χ3v) is 8.79. The lowest BCUT2D eigenvalue weighted by molar-refractivity contribution is -0.137. The molecule has 2 heterocycles. The van der Waals surface area contributed by atoms with Gasteiger partial charge in [0.25, 0.3) is 5.91 Å². The molecule has 0 radical (unpaired) electrons. The minimum Gasteiger partial charge on any atom is -0.492 e. The molecule has 2 aliphatic rings. The summed E-state index contributed by atoms with van der Waals surface area (Å²) in [5.74, 6) is 0.196. The van der Waals surface area contributed by atoms with Gasteiger partial charge in [-0.15, -0.1) is 0 Å². The number of alkyl halides is 3. The van der Waals surface area contributed by atoms with Crippen LogP contribution in [0.4, 0.5) is 29.3 Å². The minimum absolute atomic E-state index is 0.0333. The third kappa shape index (κ3) is 7.23. The van der Waals surface area contributed by atoms with Crippen LogP contribution in [0.15, 0.2) is 36.4 Å². The molecule has 1 atom stereocenters. The highest BCUT2D eigenvalue weighted by Gasteiger charge is 2.51. The van der Waals surface area contributed by atoms with Crippen LogP contribution >= 0.6 is 12.2 Å². The molecule has 0 aromatic heterocycles. The molecule has 0 bridgehead atoms. The van der Waals surface area contributed by atoms with E-state index in [9.17, 15) is 28.0 Å². The van der Waals surface area contributed by atoms with Gasteiger partial charge in [-0.2, -0.15) is 18.4 Å². The van der Waals surface area contributed by atoms with Crippen LogP contribution in [0, 0.1) is 11.3 Å². The number of rotatable bonds is 10. The van der Waals surface area contributed by atoms with Crippen molar-refractivity contribution in [3.63, 3.8) is 0 Å². The van der Waals surface area contributed by atoms with Gasteiger partial charge in [-0.1, -0.05) is 20.3 Å². The van der Waals surface area contributed by atoms with Crippen molar-refractivity contribution in [1.82, 2.24) is 9.80 Å². The molecule has 2 aromatic carbocycles. The van der Waals surface area contributed by atoms with Gasteiger partial charge in [-0.3, -0.25) is 14.6 Å². The topological polar surface area (TPSA) is 89.3 Å². The molecule has 0 saturated carbocycles. The van der Waals surface area contributed by atoms with Crippen LogP contribution in [0.5, 0.6) is 5.75 Å². The molecule has 9 nitrogen and oxygen atoms in total. The summed E-state index contributed by atoms with van der Waals surface area (Å²) in [7, 11) is 0. The highest BCUT2D eigenvalue weighted by Crippen LogP contribution is 2.40. The summed E-state index contributed by atoms with van der Waals surface area (Å²) in [6.45, 7) is 12.9. The Labute approximate surface area is 273 Å². The van der Waals surface area contributed by atoms with E-state index in [4.69, 9.17) is 21.7 Å². The van der Waals surface area contributed by atoms with E-state index < -0.39 is 28.7 Å². The van der Waals surface area contributed by atoms with E-state index in [0.717, 1.165) is 35.4 Å². The number of hydrogen-bond donors (Lipinski definition) is 0. The van der Waals surface area contributed by atoms with Crippen molar-refractivity contribution in [2.24, 2.45) is 0 Å². The van der Waals surface area contributed by atoms with Gasteiger partial charge in [0, 0.05) is 37.9 Å².